The van der Waals surface area contributed by atoms with Crippen LogP contribution in [0.1, 0.15) is 55.5 Å². The molecule has 0 radical (unpaired) electrons. The lowest BCUT2D eigenvalue weighted by molar-refractivity contribution is 0.0504. The molecule has 204 valence electrons. The van der Waals surface area contributed by atoms with E-state index in [1.807, 2.05) is 6.92 Å². The van der Waals surface area contributed by atoms with Crippen molar-refractivity contribution < 1.29 is 27.9 Å². The molecule has 1 aromatic heterocycles. The Kier molecular flexibility index (Phi) is 9.08. The zero-order chi connectivity index (χ0) is 28.6. The molecule has 0 saturated heterocycles. The number of esters is 1. The van der Waals surface area contributed by atoms with Crippen molar-refractivity contribution in [2.75, 3.05) is 11.9 Å². The van der Waals surface area contributed by atoms with E-state index in [4.69, 9.17) is 10.5 Å². The second kappa shape index (κ2) is 12.9. The van der Waals surface area contributed by atoms with E-state index in [0.29, 0.717) is 23.1 Å². The molecule has 0 aliphatic carbocycles. The van der Waals surface area contributed by atoms with Crippen molar-refractivity contribution in [1.82, 2.24) is 4.98 Å². The molecule has 7 nitrogen and oxygen atoms in total. The number of halogens is 2. The Morgan fingerprint density at radius 2 is 1.70 bits per heavy atom. The van der Waals surface area contributed by atoms with Crippen LogP contribution in [0, 0.1) is 11.6 Å². The quantitative estimate of drug-likeness (QED) is 0.195. The molecular weight excluding hydrogens is 516 g/mol. The molecule has 0 atom stereocenters. The van der Waals surface area contributed by atoms with Gasteiger partial charge in [0.2, 0.25) is 0 Å². The highest BCUT2D eigenvalue weighted by molar-refractivity contribution is 6.05. The summed E-state index contributed by atoms with van der Waals surface area (Å²) in [6.07, 6.45) is 2.98. The number of benzene rings is 3. The van der Waals surface area contributed by atoms with Crippen LogP contribution in [-0.2, 0) is 17.7 Å². The molecular formula is C31H27F2N3O4. The van der Waals surface area contributed by atoms with Crippen LogP contribution in [0.5, 0.6) is 0 Å². The third kappa shape index (κ3) is 6.62. The van der Waals surface area contributed by atoms with Crippen molar-refractivity contribution in [3.8, 4) is 11.1 Å². The van der Waals surface area contributed by atoms with Gasteiger partial charge in [-0.3, -0.25) is 14.6 Å². The van der Waals surface area contributed by atoms with Gasteiger partial charge in [-0.1, -0.05) is 31.2 Å². The predicted octanol–water partition coefficient (Wildman–Crippen LogP) is 5.73. The zero-order valence-electron chi connectivity index (χ0n) is 21.7. The highest BCUT2D eigenvalue weighted by Crippen LogP contribution is 2.27. The first-order valence-electron chi connectivity index (χ1n) is 12.6. The SMILES string of the molecule is CCCOC(=O)c1ccc(NC(=O)c2cccc(-c3cc(C(=O)Cc4ccncc4F)ccc3CN)c2)c(F)c1. The fraction of sp³-hybridized carbons (Fsp3) is 0.161. The fourth-order valence-corrected chi connectivity index (χ4v) is 4.06. The average Bonchev–Trinajstić information content (AvgIpc) is 2.97. The van der Waals surface area contributed by atoms with Crippen LogP contribution in [-0.4, -0.2) is 29.3 Å². The van der Waals surface area contributed by atoms with Crippen LogP contribution in [0.3, 0.4) is 0 Å². The summed E-state index contributed by atoms with van der Waals surface area (Å²) in [7, 11) is 0. The van der Waals surface area contributed by atoms with Crippen molar-refractivity contribution in [2.45, 2.75) is 26.3 Å². The van der Waals surface area contributed by atoms with Crippen molar-refractivity contribution in [2.24, 2.45) is 5.73 Å². The van der Waals surface area contributed by atoms with E-state index < -0.39 is 23.5 Å². The van der Waals surface area contributed by atoms with Crippen LogP contribution < -0.4 is 11.1 Å². The summed E-state index contributed by atoms with van der Waals surface area (Å²) in [5.74, 6) is -2.85. The standard InChI is InChI=1S/C31H27F2N3O4/c1-2-12-40-31(39)23-8-9-28(26(32)15-23)36-30(38)22-5-3-4-19(13-22)25-14-21(6-7-24(25)17-34)29(37)16-20-10-11-35-18-27(20)33/h3-11,13-15,18H,2,12,16-17,34H2,1H3,(H,36,38). The Bertz CT molecular complexity index is 1570. The van der Waals surface area contributed by atoms with Gasteiger partial charge in [0.05, 0.1) is 24.1 Å². The first-order valence-corrected chi connectivity index (χ1v) is 12.6. The van der Waals surface area contributed by atoms with Crippen LogP contribution in [0.4, 0.5) is 14.5 Å². The topological polar surface area (TPSA) is 111 Å². The normalized spacial score (nSPS) is 10.7. The number of carbonyl (C=O) groups excluding carboxylic acids is 3. The summed E-state index contributed by atoms with van der Waals surface area (Å²) in [6, 6.07) is 16.8. The van der Waals surface area contributed by atoms with Crippen LogP contribution in [0.2, 0.25) is 0 Å². The minimum Gasteiger partial charge on any atom is -0.462 e. The van der Waals surface area contributed by atoms with Crippen LogP contribution in [0.25, 0.3) is 11.1 Å². The summed E-state index contributed by atoms with van der Waals surface area (Å²) in [5, 5.41) is 2.52. The van der Waals surface area contributed by atoms with Gasteiger partial charge in [0.25, 0.3) is 5.91 Å². The molecule has 1 heterocycles. The first-order chi connectivity index (χ1) is 19.3. The van der Waals surface area contributed by atoms with Gasteiger partial charge in [0.1, 0.15) is 11.6 Å². The van der Waals surface area contributed by atoms with Crippen molar-refractivity contribution in [1.29, 1.82) is 0 Å². The van der Waals surface area contributed by atoms with Gasteiger partial charge in [0.15, 0.2) is 5.78 Å². The number of nitrogens with two attached hydrogens (primary N) is 1. The lowest BCUT2D eigenvalue weighted by Crippen LogP contribution is -2.14. The Morgan fingerprint density at radius 1 is 0.900 bits per heavy atom. The fourth-order valence-electron chi connectivity index (χ4n) is 4.06. The molecule has 0 aliphatic heterocycles. The number of anilines is 1. The van der Waals surface area contributed by atoms with Gasteiger partial charge in [-0.05, 0) is 71.1 Å². The maximum absolute atomic E-state index is 14.7. The maximum Gasteiger partial charge on any atom is 0.338 e. The van der Waals surface area contributed by atoms with Crippen molar-refractivity contribution >= 4 is 23.3 Å². The number of pyridine rings is 1. The van der Waals surface area contributed by atoms with E-state index in [0.717, 1.165) is 17.8 Å². The predicted molar refractivity (Wildman–Crippen MR) is 147 cm³/mol. The van der Waals surface area contributed by atoms with E-state index in [1.165, 1.54) is 24.4 Å². The summed E-state index contributed by atoms with van der Waals surface area (Å²) < 4.78 is 33.7. The number of carbonyl (C=O) groups is 3. The first kappa shape index (κ1) is 28.3. The van der Waals surface area contributed by atoms with Gasteiger partial charge < -0.3 is 15.8 Å². The molecule has 4 rings (SSSR count). The van der Waals surface area contributed by atoms with E-state index in [1.54, 1.807) is 42.5 Å². The Labute approximate surface area is 230 Å². The summed E-state index contributed by atoms with van der Waals surface area (Å²) >= 11 is 0. The van der Waals surface area contributed by atoms with Gasteiger partial charge in [-0.25, -0.2) is 13.6 Å². The van der Waals surface area contributed by atoms with Crippen LogP contribution >= 0.6 is 0 Å². The number of amides is 1. The lowest BCUT2D eigenvalue weighted by atomic mass is 9.93. The van der Waals surface area contributed by atoms with E-state index in [9.17, 15) is 23.2 Å². The van der Waals surface area contributed by atoms with E-state index >= 15 is 0 Å². The summed E-state index contributed by atoms with van der Waals surface area (Å²) in [6.45, 7) is 2.25. The maximum atomic E-state index is 14.7. The second-order valence-corrected chi connectivity index (χ2v) is 9.01. The smallest absolute Gasteiger partial charge is 0.338 e. The Balaban J connectivity index is 1.56. The molecule has 4 aromatic rings. The molecule has 3 N–H and O–H groups in total. The largest absolute Gasteiger partial charge is 0.462 e. The number of Topliss-reactive ketones (excluding diaryl/α,β-unsaturated/α-hetero) is 1. The molecule has 9 heteroatoms. The summed E-state index contributed by atoms with van der Waals surface area (Å²) in [5.41, 5.74) is 8.71. The Hall–Kier alpha value is -4.76. The van der Waals surface area contributed by atoms with E-state index in [2.05, 4.69) is 10.3 Å². The van der Waals surface area contributed by atoms with Crippen LogP contribution in [0.15, 0.2) is 79.1 Å². The number of ether oxygens (including phenoxy) is 1. The van der Waals surface area contributed by atoms with Crippen molar-refractivity contribution in [3.63, 3.8) is 0 Å². The molecule has 0 saturated carbocycles. The average molecular weight is 544 g/mol. The number of nitrogens with one attached hydrogen (secondary N) is 1. The highest BCUT2D eigenvalue weighted by atomic mass is 19.1. The molecule has 0 aliphatic rings. The number of nitrogens with zero attached hydrogens (tertiary/aromatic N) is 1. The monoisotopic (exact) mass is 543 g/mol. The lowest BCUT2D eigenvalue weighted by Gasteiger charge is -2.13. The molecule has 0 fully saturated rings. The third-order valence-corrected chi connectivity index (χ3v) is 6.19. The minimum atomic E-state index is -0.780. The van der Waals surface area contributed by atoms with Gasteiger partial charge in [0, 0.05) is 30.3 Å². The molecule has 1 amide bonds. The van der Waals surface area contributed by atoms with E-state index in [-0.39, 0.29) is 47.7 Å². The van der Waals surface area contributed by atoms with Gasteiger partial charge in [-0.2, -0.15) is 0 Å². The number of aromatic nitrogens is 1. The molecule has 0 spiro atoms. The van der Waals surface area contributed by atoms with Gasteiger partial charge in [-0.15, -0.1) is 0 Å². The highest BCUT2D eigenvalue weighted by Gasteiger charge is 2.17. The number of ketones is 1. The molecule has 3 aromatic carbocycles. The van der Waals surface area contributed by atoms with Gasteiger partial charge >= 0.3 is 5.97 Å². The minimum absolute atomic E-state index is 0.0429. The molecule has 0 bridgehead atoms. The second-order valence-electron chi connectivity index (χ2n) is 9.01. The Morgan fingerprint density at radius 3 is 2.42 bits per heavy atom. The zero-order valence-corrected chi connectivity index (χ0v) is 21.7. The number of hydrogen-bond donors (Lipinski definition) is 2. The van der Waals surface area contributed by atoms with Crippen molar-refractivity contribution in [3.05, 3.63) is 119 Å². The number of hydrogen-bond acceptors (Lipinski definition) is 6. The molecule has 40 heavy (non-hydrogen) atoms. The number of rotatable bonds is 10. The molecule has 0 unspecified atom stereocenters. The summed E-state index contributed by atoms with van der Waals surface area (Å²) in [4.78, 5) is 41.6. The third-order valence-electron chi connectivity index (χ3n) is 6.19.